The summed E-state index contributed by atoms with van der Waals surface area (Å²) in [6.45, 7) is -0.407. The lowest BCUT2D eigenvalue weighted by Crippen LogP contribution is -2.13. The van der Waals surface area contributed by atoms with E-state index in [9.17, 15) is 32.1 Å². The number of hydrogen-bond acceptors (Lipinski definition) is 5. The summed E-state index contributed by atoms with van der Waals surface area (Å²) in [5.41, 5.74) is -3.20. The number of benzene rings is 2. The molecular weight excluding hydrogens is 493 g/mol. The van der Waals surface area contributed by atoms with E-state index in [4.69, 9.17) is 4.74 Å². The van der Waals surface area contributed by atoms with Crippen molar-refractivity contribution in [1.29, 1.82) is 0 Å². The van der Waals surface area contributed by atoms with Gasteiger partial charge in [-0.3, -0.25) is 10.1 Å². The first-order valence-corrected chi connectivity index (χ1v) is 9.20. The van der Waals surface area contributed by atoms with Crippen molar-refractivity contribution in [3.8, 4) is 5.75 Å². The number of nitrogens with one attached hydrogen (secondary N) is 1. The number of halogens is 6. The third-order valence-electron chi connectivity index (χ3n) is 4.01. The van der Waals surface area contributed by atoms with E-state index in [-0.39, 0.29) is 10.7 Å². The zero-order valence-corrected chi connectivity index (χ0v) is 16.8. The minimum absolute atomic E-state index is 0.0761. The second-order valence-corrected chi connectivity index (χ2v) is 6.92. The molecule has 12 heteroatoms. The number of ether oxygens (including phenoxy) is 1. The van der Waals surface area contributed by atoms with E-state index in [2.05, 4.69) is 26.2 Å². The van der Waals surface area contributed by atoms with Crippen LogP contribution in [0.25, 0.3) is 0 Å². The summed E-state index contributed by atoms with van der Waals surface area (Å²) >= 11 is 2.93. The van der Waals surface area contributed by atoms with Crippen LogP contribution in [0, 0.1) is 21.7 Å². The van der Waals surface area contributed by atoms with Gasteiger partial charge in [-0.2, -0.15) is 13.2 Å². The molecular formula is C19H11BrF5N3O3. The predicted molar refractivity (Wildman–Crippen MR) is 104 cm³/mol. The van der Waals surface area contributed by atoms with Crippen molar-refractivity contribution in [2.24, 2.45) is 0 Å². The summed E-state index contributed by atoms with van der Waals surface area (Å²) < 4.78 is 74.5. The summed E-state index contributed by atoms with van der Waals surface area (Å²) in [7, 11) is 0. The minimum atomic E-state index is -5.18. The maximum absolute atomic E-state index is 14.9. The Bertz CT molecular complexity index is 1130. The van der Waals surface area contributed by atoms with Gasteiger partial charge in [0, 0.05) is 0 Å². The van der Waals surface area contributed by atoms with E-state index < -0.39 is 57.7 Å². The fraction of sp³-hybridized carbons (Fsp3) is 0.105. The molecule has 0 amide bonds. The van der Waals surface area contributed by atoms with E-state index in [0.717, 1.165) is 12.3 Å². The highest BCUT2D eigenvalue weighted by Crippen LogP contribution is 2.41. The van der Waals surface area contributed by atoms with Gasteiger partial charge in [0.05, 0.1) is 28.4 Å². The summed E-state index contributed by atoms with van der Waals surface area (Å²) in [6, 6.07) is 9.16. The molecule has 1 aromatic heterocycles. The van der Waals surface area contributed by atoms with Gasteiger partial charge in [0.2, 0.25) is 0 Å². The van der Waals surface area contributed by atoms with E-state index in [1.54, 1.807) is 30.3 Å². The lowest BCUT2D eigenvalue weighted by molar-refractivity contribution is -0.384. The van der Waals surface area contributed by atoms with E-state index in [0.29, 0.717) is 5.56 Å². The summed E-state index contributed by atoms with van der Waals surface area (Å²) in [4.78, 5) is 14.1. The number of aromatic nitrogens is 1. The molecule has 162 valence electrons. The van der Waals surface area contributed by atoms with Crippen LogP contribution in [0.3, 0.4) is 0 Å². The molecule has 0 aliphatic rings. The van der Waals surface area contributed by atoms with Crippen molar-refractivity contribution in [2.45, 2.75) is 12.8 Å². The molecule has 0 bridgehead atoms. The molecule has 1 heterocycles. The first-order valence-electron chi connectivity index (χ1n) is 8.40. The molecule has 0 aliphatic heterocycles. The topological polar surface area (TPSA) is 77.3 Å². The van der Waals surface area contributed by atoms with Crippen LogP contribution in [0.2, 0.25) is 0 Å². The number of alkyl halides is 3. The van der Waals surface area contributed by atoms with Gasteiger partial charge in [-0.1, -0.05) is 30.3 Å². The standard InChI is InChI=1S/C19H11BrF5N3O3/c20-15-7-14(28(29)30)13(8-26-15)27-12-6-11(19(23,24)25)16(21)18(17(12)22)31-9-10-4-2-1-3-5-10/h1-8,27H,9H2. The fourth-order valence-corrected chi connectivity index (χ4v) is 2.90. The molecule has 6 nitrogen and oxygen atoms in total. The summed E-state index contributed by atoms with van der Waals surface area (Å²) in [5, 5.41) is 13.4. The number of hydrogen-bond donors (Lipinski definition) is 1. The summed E-state index contributed by atoms with van der Waals surface area (Å²) in [5.74, 6) is -4.69. The van der Waals surface area contributed by atoms with Crippen molar-refractivity contribution in [3.05, 3.63) is 86.1 Å². The van der Waals surface area contributed by atoms with Crippen LogP contribution in [0.15, 0.2) is 53.3 Å². The third kappa shape index (κ3) is 5.08. The van der Waals surface area contributed by atoms with Crippen molar-refractivity contribution in [3.63, 3.8) is 0 Å². The van der Waals surface area contributed by atoms with Gasteiger partial charge in [0.25, 0.3) is 5.69 Å². The number of nitrogens with zero attached hydrogens (tertiary/aromatic N) is 2. The molecule has 0 aliphatic carbocycles. The molecule has 1 N–H and O–H groups in total. The van der Waals surface area contributed by atoms with Crippen LogP contribution in [-0.4, -0.2) is 9.91 Å². The second-order valence-electron chi connectivity index (χ2n) is 6.11. The van der Waals surface area contributed by atoms with Crippen LogP contribution in [0.4, 0.5) is 39.0 Å². The second kappa shape index (κ2) is 8.84. The Morgan fingerprint density at radius 3 is 2.39 bits per heavy atom. The molecule has 0 spiro atoms. The molecule has 0 atom stereocenters. The fourth-order valence-electron chi connectivity index (χ4n) is 2.58. The summed E-state index contributed by atoms with van der Waals surface area (Å²) in [6.07, 6.45) is -4.26. The lowest BCUT2D eigenvalue weighted by atomic mass is 10.1. The SMILES string of the molecule is O=[N+]([O-])c1cc(Br)ncc1Nc1cc(C(F)(F)F)c(F)c(OCc2ccccc2)c1F. The van der Waals surface area contributed by atoms with Crippen LogP contribution >= 0.6 is 15.9 Å². The van der Waals surface area contributed by atoms with Gasteiger partial charge in [-0.15, -0.1) is 0 Å². The highest BCUT2D eigenvalue weighted by molar-refractivity contribution is 9.10. The third-order valence-corrected chi connectivity index (χ3v) is 4.44. The number of nitro groups is 1. The predicted octanol–water partition coefficient (Wildman–Crippen LogP) is 6.37. The van der Waals surface area contributed by atoms with Crippen LogP contribution in [0.5, 0.6) is 5.75 Å². The van der Waals surface area contributed by atoms with Gasteiger partial charge in [0.1, 0.15) is 16.9 Å². The molecule has 0 saturated heterocycles. The highest BCUT2D eigenvalue weighted by atomic mass is 79.9. The molecule has 0 saturated carbocycles. The average molecular weight is 504 g/mol. The van der Waals surface area contributed by atoms with E-state index in [1.807, 2.05) is 0 Å². The Kier molecular flexibility index (Phi) is 6.39. The molecule has 0 radical (unpaired) electrons. The van der Waals surface area contributed by atoms with Crippen LogP contribution in [0.1, 0.15) is 11.1 Å². The first kappa shape index (κ1) is 22.4. The van der Waals surface area contributed by atoms with E-state index in [1.165, 1.54) is 0 Å². The number of rotatable bonds is 6. The van der Waals surface area contributed by atoms with Gasteiger partial charge in [0.15, 0.2) is 17.4 Å². The zero-order chi connectivity index (χ0) is 22.8. The highest BCUT2D eigenvalue weighted by Gasteiger charge is 2.38. The van der Waals surface area contributed by atoms with Crippen LogP contribution in [-0.2, 0) is 12.8 Å². The Labute approximate surface area is 180 Å². The van der Waals surface area contributed by atoms with Gasteiger partial charge >= 0.3 is 6.18 Å². The quantitative estimate of drug-likeness (QED) is 0.183. The Morgan fingerprint density at radius 2 is 1.77 bits per heavy atom. The van der Waals surface area contributed by atoms with Crippen LogP contribution < -0.4 is 10.1 Å². The van der Waals surface area contributed by atoms with Crippen molar-refractivity contribution < 1.29 is 31.6 Å². The lowest BCUT2D eigenvalue weighted by Gasteiger charge is -2.17. The molecule has 0 fully saturated rings. The normalized spacial score (nSPS) is 11.3. The first-order chi connectivity index (χ1) is 14.6. The maximum atomic E-state index is 14.9. The van der Waals surface area contributed by atoms with Crippen molar-refractivity contribution >= 4 is 33.0 Å². The monoisotopic (exact) mass is 503 g/mol. The Morgan fingerprint density at radius 1 is 1.10 bits per heavy atom. The maximum Gasteiger partial charge on any atom is 0.419 e. The zero-order valence-electron chi connectivity index (χ0n) is 15.2. The number of anilines is 2. The largest absolute Gasteiger partial charge is 0.483 e. The molecule has 3 rings (SSSR count). The van der Waals surface area contributed by atoms with Gasteiger partial charge in [-0.05, 0) is 27.6 Å². The van der Waals surface area contributed by atoms with Crippen molar-refractivity contribution in [2.75, 3.05) is 5.32 Å². The van der Waals surface area contributed by atoms with Crippen molar-refractivity contribution in [1.82, 2.24) is 4.98 Å². The van der Waals surface area contributed by atoms with Gasteiger partial charge in [-0.25, -0.2) is 13.8 Å². The average Bonchev–Trinajstić information content (AvgIpc) is 2.70. The smallest absolute Gasteiger partial charge is 0.419 e. The van der Waals surface area contributed by atoms with Gasteiger partial charge < -0.3 is 10.1 Å². The Balaban J connectivity index is 2.07. The molecule has 2 aromatic carbocycles. The molecule has 0 unspecified atom stereocenters. The Hall–Kier alpha value is -3.28. The number of pyridine rings is 1. The molecule has 3 aromatic rings. The molecule has 31 heavy (non-hydrogen) atoms. The minimum Gasteiger partial charge on any atom is -0.483 e. The van der Waals surface area contributed by atoms with E-state index >= 15 is 0 Å².